The van der Waals surface area contributed by atoms with Crippen molar-refractivity contribution in [3.8, 4) is 0 Å². The van der Waals surface area contributed by atoms with Crippen molar-refractivity contribution in [2.24, 2.45) is 34.0 Å². The number of rotatable bonds is 1. The highest BCUT2D eigenvalue weighted by molar-refractivity contribution is 6.03. The van der Waals surface area contributed by atoms with Gasteiger partial charge in [0.25, 0.3) is 0 Å². The summed E-state index contributed by atoms with van der Waals surface area (Å²) in [5, 5.41) is 11.2. The Kier molecular flexibility index (Phi) is 3.58. The molecule has 0 radical (unpaired) electrons. The van der Waals surface area contributed by atoms with Gasteiger partial charge in [-0.15, -0.1) is 0 Å². The molecule has 2 bridgehead atoms. The molecule has 7 atom stereocenters. The van der Waals surface area contributed by atoms with Crippen LogP contribution in [0.5, 0.6) is 0 Å². The molecule has 138 valence electrons. The Morgan fingerprint density at radius 1 is 1.24 bits per heavy atom. The maximum atomic E-state index is 13.2. The number of carbonyl (C=O) groups is 2. The van der Waals surface area contributed by atoms with Crippen LogP contribution in [0.1, 0.15) is 58.8 Å². The van der Waals surface area contributed by atoms with Gasteiger partial charge in [-0.05, 0) is 74.2 Å². The summed E-state index contributed by atoms with van der Waals surface area (Å²) < 4.78 is 5.15. The summed E-state index contributed by atoms with van der Waals surface area (Å²) in [6, 6.07) is 0. The van der Waals surface area contributed by atoms with Crippen LogP contribution in [0, 0.1) is 34.0 Å². The van der Waals surface area contributed by atoms with Crippen LogP contribution in [0.3, 0.4) is 0 Å². The summed E-state index contributed by atoms with van der Waals surface area (Å²) in [7, 11) is 1.45. The monoisotopic (exact) mass is 346 g/mol. The predicted octanol–water partition coefficient (Wildman–Crippen LogP) is 3.28. The fourth-order valence-corrected chi connectivity index (χ4v) is 7.52. The van der Waals surface area contributed by atoms with Gasteiger partial charge in [-0.3, -0.25) is 9.59 Å². The molecule has 0 aliphatic heterocycles. The molecule has 4 heteroatoms. The number of carbonyl (C=O) groups excluding carboxylic acids is 2. The van der Waals surface area contributed by atoms with Crippen LogP contribution in [0.4, 0.5) is 0 Å². The second kappa shape index (κ2) is 5.18. The molecule has 4 rings (SSSR count). The van der Waals surface area contributed by atoms with Crippen LogP contribution in [0.15, 0.2) is 12.2 Å². The standard InChI is InChI=1S/C21H30O4/c1-12-13-6-7-14-19(2)8-5-9-20(3,18(24)25-4)15(19)10-16(22)21(14,11-13)17(12)23/h13-16,22H,1,5-11H2,2-4H3/t13-,14-,15-,16-,19-,20+,21+/m0/s1. The molecule has 0 unspecified atom stereocenters. The highest BCUT2D eigenvalue weighted by atomic mass is 16.5. The first-order chi connectivity index (χ1) is 11.7. The number of fused-ring (bicyclic) bond motifs is 3. The number of aliphatic hydroxyl groups excluding tert-OH is 1. The Labute approximate surface area is 150 Å². The van der Waals surface area contributed by atoms with E-state index < -0.39 is 16.9 Å². The third-order valence-electron chi connectivity index (χ3n) is 8.70. The van der Waals surface area contributed by atoms with Gasteiger partial charge in [0.15, 0.2) is 5.78 Å². The van der Waals surface area contributed by atoms with Crippen LogP contribution in [0.25, 0.3) is 0 Å². The van der Waals surface area contributed by atoms with Gasteiger partial charge in [0.2, 0.25) is 0 Å². The molecule has 0 aromatic rings. The SMILES string of the molecule is C=C1C(=O)[C@]23C[C@@H]1CC[C@H]2[C@]1(C)CCC[C@@](C)(C(=O)OC)[C@H]1C[C@@H]3O. The number of aliphatic hydroxyl groups is 1. The van der Waals surface area contributed by atoms with E-state index in [2.05, 4.69) is 13.5 Å². The molecule has 0 amide bonds. The van der Waals surface area contributed by atoms with Gasteiger partial charge < -0.3 is 9.84 Å². The average Bonchev–Trinajstić information content (AvgIpc) is 2.78. The lowest BCUT2D eigenvalue weighted by molar-refractivity contribution is -0.208. The summed E-state index contributed by atoms with van der Waals surface area (Å²) in [4.78, 5) is 25.8. The Morgan fingerprint density at radius 2 is 1.96 bits per heavy atom. The summed E-state index contributed by atoms with van der Waals surface area (Å²) in [5.41, 5.74) is -0.597. The van der Waals surface area contributed by atoms with E-state index in [1.807, 2.05) is 6.92 Å². The fraction of sp³-hybridized carbons (Fsp3) is 0.810. The molecule has 1 N–H and O–H groups in total. The zero-order valence-electron chi connectivity index (χ0n) is 15.6. The van der Waals surface area contributed by atoms with E-state index in [9.17, 15) is 14.7 Å². The summed E-state index contributed by atoms with van der Waals surface area (Å²) >= 11 is 0. The second-order valence-electron chi connectivity index (χ2n) is 9.50. The van der Waals surface area contributed by atoms with E-state index in [1.165, 1.54) is 7.11 Å². The molecular formula is C21H30O4. The van der Waals surface area contributed by atoms with E-state index in [4.69, 9.17) is 4.74 Å². The number of hydrogen-bond donors (Lipinski definition) is 1. The molecule has 1 spiro atoms. The van der Waals surface area contributed by atoms with Gasteiger partial charge >= 0.3 is 5.97 Å². The lowest BCUT2D eigenvalue weighted by atomic mass is 9.40. The zero-order chi connectivity index (χ0) is 18.2. The van der Waals surface area contributed by atoms with Crippen LogP contribution >= 0.6 is 0 Å². The Morgan fingerprint density at radius 3 is 2.64 bits per heavy atom. The number of Topliss-reactive ketones (excluding diaryl/α,β-unsaturated/α-hetero) is 1. The summed E-state index contributed by atoms with van der Waals surface area (Å²) in [6.07, 6.45) is 5.34. The maximum absolute atomic E-state index is 13.2. The van der Waals surface area contributed by atoms with Crippen molar-refractivity contribution in [1.29, 1.82) is 0 Å². The normalized spacial score (nSPS) is 51.7. The van der Waals surface area contributed by atoms with Crippen LogP contribution < -0.4 is 0 Å². The minimum absolute atomic E-state index is 0.0602. The predicted molar refractivity (Wildman–Crippen MR) is 93.6 cm³/mol. The molecular weight excluding hydrogens is 316 g/mol. The van der Waals surface area contributed by atoms with Gasteiger partial charge in [-0.1, -0.05) is 19.9 Å². The number of ether oxygens (including phenoxy) is 1. The van der Waals surface area contributed by atoms with Gasteiger partial charge in [-0.2, -0.15) is 0 Å². The Hall–Kier alpha value is -1.16. The topological polar surface area (TPSA) is 63.6 Å². The minimum Gasteiger partial charge on any atom is -0.469 e. The minimum atomic E-state index is -0.674. The lowest BCUT2D eigenvalue weighted by Crippen LogP contribution is -2.64. The highest BCUT2D eigenvalue weighted by Gasteiger charge is 2.71. The largest absolute Gasteiger partial charge is 0.469 e. The van der Waals surface area contributed by atoms with Crippen molar-refractivity contribution < 1.29 is 19.4 Å². The number of allylic oxidation sites excluding steroid dienone is 1. The third kappa shape index (κ3) is 1.87. The number of esters is 1. The van der Waals surface area contributed by atoms with Crippen molar-refractivity contribution in [2.75, 3.05) is 7.11 Å². The fourth-order valence-electron chi connectivity index (χ4n) is 7.52. The molecule has 4 nitrogen and oxygen atoms in total. The molecule has 0 saturated heterocycles. The first-order valence-electron chi connectivity index (χ1n) is 9.72. The Balaban J connectivity index is 1.82. The number of hydrogen-bond acceptors (Lipinski definition) is 4. The molecule has 4 aliphatic rings. The molecule has 4 saturated carbocycles. The van der Waals surface area contributed by atoms with E-state index in [0.717, 1.165) is 44.1 Å². The molecule has 0 aromatic carbocycles. The molecule has 0 heterocycles. The maximum Gasteiger partial charge on any atom is 0.311 e. The first-order valence-corrected chi connectivity index (χ1v) is 9.72. The zero-order valence-corrected chi connectivity index (χ0v) is 15.6. The first kappa shape index (κ1) is 17.3. The van der Waals surface area contributed by atoms with Gasteiger partial charge in [-0.25, -0.2) is 0 Å². The van der Waals surface area contributed by atoms with E-state index >= 15 is 0 Å². The van der Waals surface area contributed by atoms with Gasteiger partial charge in [0, 0.05) is 0 Å². The quantitative estimate of drug-likeness (QED) is 0.585. The third-order valence-corrected chi connectivity index (χ3v) is 8.70. The van der Waals surface area contributed by atoms with E-state index in [0.29, 0.717) is 6.42 Å². The smallest absolute Gasteiger partial charge is 0.311 e. The number of methoxy groups -OCH3 is 1. The summed E-state index contributed by atoms with van der Waals surface area (Å²) in [6.45, 7) is 8.34. The average molecular weight is 346 g/mol. The molecule has 4 aliphatic carbocycles. The van der Waals surface area contributed by atoms with Gasteiger partial charge in [0.1, 0.15) is 0 Å². The van der Waals surface area contributed by atoms with Crippen LogP contribution in [0.2, 0.25) is 0 Å². The molecule has 0 aromatic heterocycles. The van der Waals surface area contributed by atoms with Crippen molar-refractivity contribution in [1.82, 2.24) is 0 Å². The molecule has 25 heavy (non-hydrogen) atoms. The lowest BCUT2D eigenvalue weighted by Gasteiger charge is -2.64. The second-order valence-corrected chi connectivity index (χ2v) is 9.50. The van der Waals surface area contributed by atoms with Crippen molar-refractivity contribution >= 4 is 11.8 Å². The summed E-state index contributed by atoms with van der Waals surface area (Å²) in [5.74, 6) is 0.389. The van der Waals surface area contributed by atoms with E-state index in [1.54, 1.807) is 0 Å². The van der Waals surface area contributed by atoms with Crippen LogP contribution in [-0.4, -0.2) is 30.1 Å². The van der Waals surface area contributed by atoms with Gasteiger partial charge in [0.05, 0.1) is 24.0 Å². The van der Waals surface area contributed by atoms with Crippen molar-refractivity contribution in [3.63, 3.8) is 0 Å². The Bertz CT molecular complexity index is 654. The van der Waals surface area contributed by atoms with Crippen molar-refractivity contribution in [3.05, 3.63) is 12.2 Å². The van der Waals surface area contributed by atoms with Crippen molar-refractivity contribution in [2.45, 2.75) is 64.9 Å². The number of ketones is 1. The van der Waals surface area contributed by atoms with Crippen LogP contribution in [-0.2, 0) is 14.3 Å². The highest BCUT2D eigenvalue weighted by Crippen LogP contribution is 2.71. The molecule has 4 fully saturated rings. The van der Waals surface area contributed by atoms with E-state index in [-0.39, 0.29) is 34.9 Å².